The van der Waals surface area contributed by atoms with E-state index < -0.39 is 6.10 Å². The van der Waals surface area contributed by atoms with Crippen LogP contribution in [0.15, 0.2) is 54.3 Å². The molecule has 3 aromatic rings. The fourth-order valence-corrected chi connectivity index (χ4v) is 4.24. The largest absolute Gasteiger partial charge is 0.349 e. The van der Waals surface area contributed by atoms with E-state index in [2.05, 4.69) is 20.6 Å². The first-order valence-electron chi connectivity index (χ1n) is 11.3. The predicted octanol–water partition coefficient (Wildman–Crippen LogP) is 4.47. The minimum Gasteiger partial charge on any atom is -0.349 e. The standard InChI is InChI=1S/C25H26N4O4/c1-15-13-22(33-32-15)25(31)27-19-10-7-16(8-11-19)23-28-20-12-9-17(14-21(20)29-23)24(30)26-18-5-3-2-4-6-18/h7-14,18,22H,2-6H2,1H3,(H,26,30)(H,27,31)(H,28,29). The highest BCUT2D eigenvalue weighted by Crippen LogP contribution is 2.24. The highest BCUT2D eigenvalue weighted by Gasteiger charge is 2.24. The fraction of sp³-hybridized carbons (Fsp3) is 0.320. The van der Waals surface area contributed by atoms with Crippen LogP contribution in [-0.2, 0) is 14.6 Å². The number of fused-ring (bicyclic) bond motifs is 1. The van der Waals surface area contributed by atoms with Crippen LogP contribution in [0.3, 0.4) is 0 Å². The number of carbonyl (C=O) groups is 2. The number of anilines is 1. The second kappa shape index (κ2) is 9.07. The number of nitrogens with zero attached hydrogens (tertiary/aromatic N) is 1. The number of rotatable bonds is 5. The van der Waals surface area contributed by atoms with Gasteiger partial charge in [0.15, 0.2) is 0 Å². The van der Waals surface area contributed by atoms with E-state index in [1.54, 1.807) is 25.1 Å². The van der Waals surface area contributed by atoms with Crippen molar-refractivity contribution in [3.63, 3.8) is 0 Å². The number of benzene rings is 2. The van der Waals surface area contributed by atoms with Crippen LogP contribution >= 0.6 is 0 Å². The molecule has 8 nitrogen and oxygen atoms in total. The van der Waals surface area contributed by atoms with Gasteiger partial charge in [-0.3, -0.25) is 9.59 Å². The molecule has 1 unspecified atom stereocenters. The van der Waals surface area contributed by atoms with E-state index in [9.17, 15) is 9.59 Å². The van der Waals surface area contributed by atoms with Gasteiger partial charge in [-0.05, 0) is 68.3 Å². The average molecular weight is 447 g/mol. The third kappa shape index (κ3) is 4.75. The summed E-state index contributed by atoms with van der Waals surface area (Å²) in [4.78, 5) is 42.6. The van der Waals surface area contributed by atoms with Gasteiger partial charge < -0.3 is 20.5 Å². The SMILES string of the molecule is CC1=CC(C(=O)Nc2ccc(-c3nc4ccc(C(=O)NC5CCCCC5)cc4[nH]3)cc2)OO1. The number of carbonyl (C=O) groups excluding carboxylic acids is 2. The maximum Gasteiger partial charge on any atom is 0.262 e. The summed E-state index contributed by atoms with van der Waals surface area (Å²) in [6.45, 7) is 1.72. The van der Waals surface area contributed by atoms with Crippen molar-refractivity contribution in [1.29, 1.82) is 0 Å². The van der Waals surface area contributed by atoms with Crippen LogP contribution in [0.4, 0.5) is 5.69 Å². The molecule has 1 aliphatic heterocycles. The molecule has 3 N–H and O–H groups in total. The van der Waals surface area contributed by atoms with Crippen LogP contribution in [0, 0.1) is 0 Å². The van der Waals surface area contributed by atoms with Crippen LogP contribution < -0.4 is 10.6 Å². The zero-order valence-electron chi connectivity index (χ0n) is 18.4. The molecule has 0 spiro atoms. The van der Waals surface area contributed by atoms with Crippen LogP contribution in [-0.4, -0.2) is 33.9 Å². The van der Waals surface area contributed by atoms with Gasteiger partial charge in [0.2, 0.25) is 6.10 Å². The van der Waals surface area contributed by atoms with Crippen molar-refractivity contribution in [1.82, 2.24) is 15.3 Å². The van der Waals surface area contributed by atoms with E-state index in [1.165, 1.54) is 19.3 Å². The van der Waals surface area contributed by atoms with Crippen molar-refractivity contribution in [3.8, 4) is 11.4 Å². The van der Waals surface area contributed by atoms with Crippen LogP contribution in [0.2, 0.25) is 0 Å². The maximum atomic E-state index is 12.7. The number of aromatic nitrogens is 2. The Morgan fingerprint density at radius 3 is 2.58 bits per heavy atom. The van der Waals surface area contributed by atoms with Gasteiger partial charge in [-0.25, -0.2) is 4.98 Å². The minimum atomic E-state index is -0.760. The number of aromatic amines is 1. The molecule has 2 aliphatic rings. The molecule has 1 aliphatic carbocycles. The summed E-state index contributed by atoms with van der Waals surface area (Å²) in [6, 6.07) is 13.1. The summed E-state index contributed by atoms with van der Waals surface area (Å²) in [6.07, 6.45) is 6.56. The summed E-state index contributed by atoms with van der Waals surface area (Å²) in [5.74, 6) is 0.910. The van der Waals surface area contributed by atoms with E-state index in [-0.39, 0.29) is 17.9 Å². The smallest absolute Gasteiger partial charge is 0.262 e. The first-order valence-corrected chi connectivity index (χ1v) is 11.3. The normalized spacial score (nSPS) is 18.6. The van der Waals surface area contributed by atoms with Gasteiger partial charge >= 0.3 is 0 Å². The van der Waals surface area contributed by atoms with Gasteiger partial charge in [-0.15, -0.1) is 0 Å². The summed E-state index contributed by atoms with van der Waals surface area (Å²) in [7, 11) is 0. The van der Waals surface area contributed by atoms with Gasteiger partial charge in [0, 0.05) is 22.9 Å². The molecule has 2 heterocycles. The minimum absolute atomic E-state index is 0.0401. The number of hydrogen-bond acceptors (Lipinski definition) is 5. The molecule has 0 bridgehead atoms. The molecule has 1 saturated carbocycles. The molecular weight excluding hydrogens is 420 g/mol. The number of amides is 2. The van der Waals surface area contributed by atoms with Gasteiger partial charge in [-0.1, -0.05) is 19.3 Å². The molecule has 2 amide bonds. The molecule has 1 aromatic heterocycles. The second-order valence-corrected chi connectivity index (χ2v) is 8.57. The van der Waals surface area contributed by atoms with E-state index in [1.807, 2.05) is 30.3 Å². The van der Waals surface area contributed by atoms with Crippen molar-refractivity contribution in [3.05, 3.63) is 59.9 Å². The van der Waals surface area contributed by atoms with E-state index in [0.29, 0.717) is 22.8 Å². The summed E-state index contributed by atoms with van der Waals surface area (Å²) >= 11 is 0. The number of imidazole rings is 1. The lowest BCUT2D eigenvalue weighted by Gasteiger charge is -2.22. The number of hydrogen-bond donors (Lipinski definition) is 3. The average Bonchev–Trinajstić information content (AvgIpc) is 3.46. The Labute approximate surface area is 191 Å². The summed E-state index contributed by atoms with van der Waals surface area (Å²) in [5.41, 5.74) is 3.73. The highest BCUT2D eigenvalue weighted by atomic mass is 17.2. The van der Waals surface area contributed by atoms with Crippen molar-refractivity contribution >= 4 is 28.5 Å². The fourth-order valence-electron chi connectivity index (χ4n) is 4.24. The number of H-pyrrole nitrogens is 1. The lowest BCUT2D eigenvalue weighted by atomic mass is 9.95. The highest BCUT2D eigenvalue weighted by molar-refractivity contribution is 5.98. The number of allylic oxidation sites excluding steroid dienone is 1. The Balaban J connectivity index is 1.27. The lowest BCUT2D eigenvalue weighted by molar-refractivity contribution is -0.256. The Bertz CT molecular complexity index is 1210. The van der Waals surface area contributed by atoms with Crippen LogP contribution in [0.1, 0.15) is 49.4 Å². The Kier molecular flexibility index (Phi) is 5.83. The molecule has 2 aromatic carbocycles. The molecule has 33 heavy (non-hydrogen) atoms. The van der Waals surface area contributed by atoms with Crippen LogP contribution in [0.25, 0.3) is 22.4 Å². The van der Waals surface area contributed by atoms with E-state index in [0.717, 1.165) is 29.4 Å². The third-order valence-corrected chi connectivity index (χ3v) is 6.04. The zero-order chi connectivity index (χ0) is 22.8. The summed E-state index contributed by atoms with van der Waals surface area (Å²) < 4.78 is 0. The second-order valence-electron chi connectivity index (χ2n) is 8.57. The molecule has 1 fully saturated rings. The quantitative estimate of drug-likeness (QED) is 0.502. The van der Waals surface area contributed by atoms with Gasteiger partial charge in [0.25, 0.3) is 11.8 Å². The monoisotopic (exact) mass is 446 g/mol. The molecular formula is C25H26N4O4. The van der Waals surface area contributed by atoms with E-state index >= 15 is 0 Å². The predicted molar refractivity (Wildman–Crippen MR) is 124 cm³/mol. The van der Waals surface area contributed by atoms with Crippen molar-refractivity contribution in [2.24, 2.45) is 0 Å². The molecule has 0 saturated heterocycles. The summed E-state index contributed by atoms with van der Waals surface area (Å²) in [5, 5.41) is 5.95. The Hall–Kier alpha value is -3.65. The van der Waals surface area contributed by atoms with Crippen molar-refractivity contribution in [2.75, 3.05) is 5.32 Å². The zero-order valence-corrected chi connectivity index (χ0v) is 18.4. The Morgan fingerprint density at radius 2 is 1.85 bits per heavy atom. The third-order valence-electron chi connectivity index (χ3n) is 6.04. The Morgan fingerprint density at radius 1 is 1.06 bits per heavy atom. The van der Waals surface area contributed by atoms with Gasteiger partial charge in [-0.2, -0.15) is 4.89 Å². The van der Waals surface area contributed by atoms with Crippen LogP contribution in [0.5, 0.6) is 0 Å². The molecule has 5 rings (SSSR count). The first-order chi connectivity index (χ1) is 16.0. The van der Waals surface area contributed by atoms with E-state index in [4.69, 9.17) is 9.78 Å². The number of nitrogens with one attached hydrogen (secondary N) is 3. The molecule has 8 heteroatoms. The van der Waals surface area contributed by atoms with Gasteiger partial charge in [0.05, 0.1) is 11.0 Å². The first kappa shape index (κ1) is 21.2. The lowest BCUT2D eigenvalue weighted by Crippen LogP contribution is -2.36. The topological polar surface area (TPSA) is 105 Å². The molecule has 1 atom stereocenters. The van der Waals surface area contributed by atoms with Crippen molar-refractivity contribution in [2.45, 2.75) is 51.2 Å². The maximum absolute atomic E-state index is 12.7. The van der Waals surface area contributed by atoms with Gasteiger partial charge in [0.1, 0.15) is 11.6 Å². The van der Waals surface area contributed by atoms with Crippen molar-refractivity contribution < 1.29 is 19.4 Å². The molecule has 170 valence electrons. The molecule has 0 radical (unpaired) electrons.